The molecule has 134 valence electrons. The SMILES string of the molecule is CC(C)NC(=O)NC(=O)[C@@H](C)OC(=O)Cc1csc(-c2cccs2)n1. The summed E-state index contributed by atoms with van der Waals surface area (Å²) in [6, 6.07) is 3.17. The van der Waals surface area contributed by atoms with Crippen LogP contribution in [0.4, 0.5) is 4.79 Å². The van der Waals surface area contributed by atoms with E-state index >= 15 is 0 Å². The monoisotopic (exact) mass is 381 g/mol. The van der Waals surface area contributed by atoms with Crippen LogP contribution >= 0.6 is 22.7 Å². The normalized spacial score (nSPS) is 11.8. The molecule has 2 N–H and O–H groups in total. The number of nitrogens with zero attached hydrogens (tertiary/aromatic N) is 1. The Morgan fingerprint density at radius 1 is 1.24 bits per heavy atom. The summed E-state index contributed by atoms with van der Waals surface area (Å²) in [5, 5.41) is 9.23. The molecule has 3 amide bonds. The largest absolute Gasteiger partial charge is 0.452 e. The fraction of sp³-hybridized carbons (Fsp3) is 0.375. The number of hydrogen-bond donors (Lipinski definition) is 2. The Balaban J connectivity index is 1.83. The number of esters is 1. The minimum absolute atomic E-state index is 0.0301. The molecule has 0 aromatic carbocycles. The number of carbonyl (C=O) groups is 3. The average molecular weight is 381 g/mol. The molecule has 0 spiro atoms. The molecule has 0 fully saturated rings. The van der Waals surface area contributed by atoms with Crippen LogP contribution in [-0.4, -0.2) is 35.0 Å². The van der Waals surface area contributed by atoms with Crippen molar-refractivity contribution in [1.29, 1.82) is 0 Å². The number of rotatable bonds is 6. The molecular weight excluding hydrogens is 362 g/mol. The predicted octanol–water partition coefficient (Wildman–Crippen LogP) is 2.58. The first-order valence-corrected chi connectivity index (χ1v) is 9.40. The number of ether oxygens (including phenoxy) is 1. The van der Waals surface area contributed by atoms with Gasteiger partial charge < -0.3 is 10.1 Å². The molecule has 2 aromatic rings. The quantitative estimate of drug-likeness (QED) is 0.750. The first-order chi connectivity index (χ1) is 11.8. The van der Waals surface area contributed by atoms with E-state index in [-0.39, 0.29) is 12.5 Å². The lowest BCUT2D eigenvalue weighted by Crippen LogP contribution is -2.46. The van der Waals surface area contributed by atoms with E-state index in [4.69, 9.17) is 4.74 Å². The van der Waals surface area contributed by atoms with Crippen molar-refractivity contribution in [2.45, 2.75) is 39.3 Å². The topological polar surface area (TPSA) is 97.4 Å². The van der Waals surface area contributed by atoms with Crippen LogP contribution in [0.25, 0.3) is 9.88 Å². The Morgan fingerprint density at radius 3 is 2.64 bits per heavy atom. The molecule has 2 heterocycles. The van der Waals surface area contributed by atoms with Gasteiger partial charge in [-0.05, 0) is 32.2 Å². The highest BCUT2D eigenvalue weighted by Gasteiger charge is 2.21. The lowest BCUT2D eigenvalue weighted by Gasteiger charge is -2.14. The molecular formula is C16H19N3O4S2. The summed E-state index contributed by atoms with van der Waals surface area (Å²) < 4.78 is 5.06. The van der Waals surface area contributed by atoms with Crippen molar-refractivity contribution >= 4 is 40.6 Å². The van der Waals surface area contributed by atoms with E-state index in [2.05, 4.69) is 15.6 Å². The van der Waals surface area contributed by atoms with Gasteiger partial charge in [0.1, 0.15) is 5.01 Å². The summed E-state index contributed by atoms with van der Waals surface area (Å²) in [6.07, 6.45) is -1.10. The van der Waals surface area contributed by atoms with Gasteiger partial charge in [0.15, 0.2) is 6.10 Å². The van der Waals surface area contributed by atoms with Crippen LogP contribution < -0.4 is 10.6 Å². The second-order valence-electron chi connectivity index (χ2n) is 5.55. The summed E-state index contributed by atoms with van der Waals surface area (Å²) in [5.74, 6) is -1.25. The molecule has 0 bridgehead atoms. The van der Waals surface area contributed by atoms with Crippen molar-refractivity contribution in [3.05, 3.63) is 28.6 Å². The number of thiophene rings is 1. The molecule has 0 saturated heterocycles. The maximum absolute atomic E-state index is 12.0. The zero-order valence-electron chi connectivity index (χ0n) is 14.1. The van der Waals surface area contributed by atoms with Gasteiger partial charge >= 0.3 is 12.0 Å². The fourth-order valence-corrected chi connectivity index (χ4v) is 3.49. The number of hydrogen-bond acceptors (Lipinski definition) is 7. The molecule has 2 rings (SSSR count). The second-order valence-corrected chi connectivity index (χ2v) is 7.35. The average Bonchev–Trinajstić information content (AvgIpc) is 3.16. The standard InChI is InChI=1S/C16H19N3O4S2/c1-9(2)17-16(22)19-14(21)10(3)23-13(20)7-11-8-25-15(18-11)12-5-4-6-24-12/h4-6,8-10H,7H2,1-3H3,(H2,17,19,21,22)/t10-/m1/s1. The number of urea groups is 1. The van der Waals surface area contributed by atoms with Gasteiger partial charge in [0.2, 0.25) is 0 Å². The van der Waals surface area contributed by atoms with E-state index < -0.39 is 24.0 Å². The third kappa shape index (κ3) is 5.95. The molecule has 0 saturated carbocycles. The molecule has 0 aliphatic rings. The second kappa shape index (κ2) is 8.72. The van der Waals surface area contributed by atoms with Crippen LogP contribution in [0, 0.1) is 0 Å². The molecule has 0 radical (unpaired) electrons. The van der Waals surface area contributed by atoms with Crippen molar-refractivity contribution in [2.75, 3.05) is 0 Å². The van der Waals surface area contributed by atoms with E-state index in [0.29, 0.717) is 5.69 Å². The van der Waals surface area contributed by atoms with Crippen molar-refractivity contribution in [1.82, 2.24) is 15.6 Å². The van der Waals surface area contributed by atoms with Gasteiger partial charge in [-0.3, -0.25) is 14.9 Å². The molecule has 9 heteroatoms. The Labute approximate surface area is 153 Å². The van der Waals surface area contributed by atoms with Gasteiger partial charge in [-0.15, -0.1) is 22.7 Å². The van der Waals surface area contributed by atoms with E-state index in [0.717, 1.165) is 9.88 Å². The third-order valence-electron chi connectivity index (χ3n) is 2.94. The molecule has 0 aliphatic carbocycles. The molecule has 7 nitrogen and oxygen atoms in total. The van der Waals surface area contributed by atoms with Crippen molar-refractivity contribution in [3.8, 4) is 9.88 Å². The van der Waals surface area contributed by atoms with E-state index in [1.165, 1.54) is 18.3 Å². The maximum Gasteiger partial charge on any atom is 0.321 e. The van der Waals surface area contributed by atoms with Crippen LogP contribution in [0.5, 0.6) is 0 Å². The van der Waals surface area contributed by atoms with E-state index in [1.54, 1.807) is 30.6 Å². The lowest BCUT2D eigenvalue weighted by molar-refractivity contribution is -0.153. The number of amides is 3. The highest BCUT2D eigenvalue weighted by atomic mass is 32.1. The Kier molecular flexibility index (Phi) is 6.65. The molecule has 2 aromatic heterocycles. The molecule has 0 aliphatic heterocycles. The number of carbonyl (C=O) groups excluding carboxylic acids is 3. The Morgan fingerprint density at radius 2 is 2.00 bits per heavy atom. The highest BCUT2D eigenvalue weighted by Crippen LogP contribution is 2.27. The van der Waals surface area contributed by atoms with Gasteiger partial charge in [-0.25, -0.2) is 9.78 Å². The highest BCUT2D eigenvalue weighted by molar-refractivity contribution is 7.20. The number of nitrogens with one attached hydrogen (secondary N) is 2. The van der Waals surface area contributed by atoms with Crippen LogP contribution in [0.15, 0.2) is 22.9 Å². The van der Waals surface area contributed by atoms with Gasteiger partial charge in [0.25, 0.3) is 5.91 Å². The van der Waals surface area contributed by atoms with Crippen LogP contribution in [0.2, 0.25) is 0 Å². The first-order valence-electron chi connectivity index (χ1n) is 7.64. The van der Waals surface area contributed by atoms with Crippen molar-refractivity contribution in [2.24, 2.45) is 0 Å². The first kappa shape index (κ1) is 19.1. The minimum Gasteiger partial charge on any atom is -0.452 e. The number of thiazole rings is 1. The molecule has 0 unspecified atom stereocenters. The zero-order chi connectivity index (χ0) is 18.4. The van der Waals surface area contributed by atoms with Crippen LogP contribution in [0.1, 0.15) is 26.5 Å². The minimum atomic E-state index is -1.07. The smallest absolute Gasteiger partial charge is 0.321 e. The maximum atomic E-state index is 12.0. The van der Waals surface area contributed by atoms with Gasteiger partial charge in [0, 0.05) is 11.4 Å². The van der Waals surface area contributed by atoms with Crippen LogP contribution in [0.3, 0.4) is 0 Å². The number of imide groups is 1. The van der Waals surface area contributed by atoms with Crippen molar-refractivity contribution < 1.29 is 19.1 Å². The summed E-state index contributed by atoms with van der Waals surface area (Å²) in [7, 11) is 0. The fourth-order valence-electron chi connectivity index (χ4n) is 1.85. The Hall–Kier alpha value is -2.26. The predicted molar refractivity (Wildman–Crippen MR) is 96.5 cm³/mol. The van der Waals surface area contributed by atoms with Crippen molar-refractivity contribution in [3.63, 3.8) is 0 Å². The van der Waals surface area contributed by atoms with Gasteiger partial charge in [0.05, 0.1) is 17.0 Å². The van der Waals surface area contributed by atoms with Crippen LogP contribution in [-0.2, 0) is 20.7 Å². The molecule has 1 atom stereocenters. The molecule has 25 heavy (non-hydrogen) atoms. The third-order valence-corrected chi connectivity index (χ3v) is 4.87. The van der Waals surface area contributed by atoms with Gasteiger partial charge in [-0.2, -0.15) is 0 Å². The van der Waals surface area contributed by atoms with E-state index in [9.17, 15) is 14.4 Å². The summed E-state index contributed by atoms with van der Waals surface area (Å²) in [6.45, 7) is 4.95. The number of aromatic nitrogens is 1. The summed E-state index contributed by atoms with van der Waals surface area (Å²) in [4.78, 5) is 40.7. The van der Waals surface area contributed by atoms with Gasteiger partial charge in [-0.1, -0.05) is 6.07 Å². The summed E-state index contributed by atoms with van der Waals surface area (Å²) >= 11 is 3.02. The van der Waals surface area contributed by atoms with E-state index in [1.807, 2.05) is 17.5 Å². The lowest BCUT2D eigenvalue weighted by atomic mass is 10.3. The zero-order valence-corrected chi connectivity index (χ0v) is 15.7. The summed E-state index contributed by atoms with van der Waals surface area (Å²) in [5.41, 5.74) is 0.587. The Bertz CT molecular complexity index is 740.